The highest BCUT2D eigenvalue weighted by atomic mass is 127. The number of carbonyl (C=O) groups is 3. The van der Waals surface area contributed by atoms with Crippen LogP contribution in [0, 0.1) is 21.3 Å². The number of halogens is 1. The predicted octanol–water partition coefficient (Wildman–Crippen LogP) is 3.46. The maximum absolute atomic E-state index is 13.5. The molecule has 1 aromatic rings. The van der Waals surface area contributed by atoms with Gasteiger partial charge in [-0.25, -0.2) is 0 Å². The quantitative estimate of drug-likeness (QED) is 0.168. The van der Waals surface area contributed by atoms with E-state index in [1.54, 1.807) is 12.1 Å². The summed E-state index contributed by atoms with van der Waals surface area (Å²) in [4.78, 5) is 38.9. The largest absolute Gasteiger partial charge is 0.504 e. The number of hydrogen-bond donors (Lipinski definition) is 3. The maximum atomic E-state index is 13.5. The lowest BCUT2D eigenvalue weighted by molar-refractivity contribution is -0.141. The third kappa shape index (κ3) is 5.01. The lowest BCUT2D eigenvalue weighted by Gasteiger charge is -2.42. The monoisotopic (exact) mass is 611 g/mol. The van der Waals surface area contributed by atoms with Crippen LogP contribution >= 0.6 is 22.6 Å². The molecule has 2 amide bonds. The van der Waals surface area contributed by atoms with Gasteiger partial charge in [-0.2, -0.15) is 0 Å². The van der Waals surface area contributed by atoms with Gasteiger partial charge in [-0.1, -0.05) is 18.9 Å². The summed E-state index contributed by atoms with van der Waals surface area (Å²) in [5, 5.41) is 30.1. The fourth-order valence-electron chi connectivity index (χ4n) is 5.91. The van der Waals surface area contributed by atoms with Crippen molar-refractivity contribution in [1.29, 1.82) is 0 Å². The third-order valence-corrected chi connectivity index (χ3v) is 8.47. The van der Waals surface area contributed by atoms with Gasteiger partial charge in [0.05, 0.1) is 28.6 Å². The van der Waals surface area contributed by atoms with Crippen LogP contribution in [-0.4, -0.2) is 58.7 Å². The van der Waals surface area contributed by atoms with E-state index in [2.05, 4.69) is 0 Å². The van der Waals surface area contributed by atoms with Crippen molar-refractivity contribution in [3.63, 3.8) is 0 Å². The molecule has 4 atom stereocenters. The lowest BCUT2D eigenvalue weighted by atomic mass is 9.55. The predicted molar refractivity (Wildman–Crippen MR) is 139 cm³/mol. The van der Waals surface area contributed by atoms with Gasteiger partial charge in [0, 0.05) is 13.0 Å². The number of amides is 2. The molecule has 0 spiro atoms. The number of imide groups is 1. The van der Waals surface area contributed by atoms with Crippen molar-refractivity contribution < 1.29 is 39.0 Å². The van der Waals surface area contributed by atoms with Crippen molar-refractivity contribution in [2.45, 2.75) is 58.0 Å². The number of aliphatic carboxylic acids is 1. The van der Waals surface area contributed by atoms with Gasteiger partial charge in [0.25, 0.3) is 0 Å². The van der Waals surface area contributed by atoms with Gasteiger partial charge in [-0.3, -0.25) is 19.3 Å². The van der Waals surface area contributed by atoms with Crippen molar-refractivity contribution in [2.24, 2.45) is 17.8 Å². The number of likely N-dealkylation sites (tertiary alicyclic amines) is 1. The van der Waals surface area contributed by atoms with Crippen LogP contribution < -0.4 is 4.74 Å². The van der Waals surface area contributed by atoms with Crippen LogP contribution in [0.3, 0.4) is 0 Å². The number of rotatable bonds is 9. The molecule has 2 fully saturated rings. The van der Waals surface area contributed by atoms with E-state index in [1.807, 2.05) is 29.5 Å². The zero-order chi connectivity index (χ0) is 26.1. The first kappa shape index (κ1) is 26.9. The van der Waals surface area contributed by atoms with Crippen molar-refractivity contribution in [2.75, 3.05) is 13.7 Å². The molecule has 194 valence electrons. The fourth-order valence-corrected chi connectivity index (χ4v) is 6.53. The molecule has 1 aromatic carbocycles. The van der Waals surface area contributed by atoms with Gasteiger partial charge in [0.15, 0.2) is 11.5 Å². The molecule has 2 aliphatic heterocycles. The van der Waals surface area contributed by atoms with Gasteiger partial charge in [0.2, 0.25) is 11.8 Å². The number of carboxylic acid groups (broad SMARTS) is 1. The molecule has 0 bridgehead atoms. The Morgan fingerprint density at radius 2 is 1.97 bits per heavy atom. The van der Waals surface area contributed by atoms with E-state index in [9.17, 15) is 24.5 Å². The Bertz CT molecular complexity index is 1090. The highest BCUT2D eigenvalue weighted by Crippen LogP contribution is 2.52. The van der Waals surface area contributed by atoms with Crippen molar-refractivity contribution in [1.82, 2.24) is 4.90 Å². The Balaban J connectivity index is 1.59. The summed E-state index contributed by atoms with van der Waals surface area (Å²) in [5.41, 5.74) is 2.41. The number of benzene rings is 1. The van der Waals surface area contributed by atoms with Crippen LogP contribution in [0.25, 0.3) is 0 Å². The van der Waals surface area contributed by atoms with Crippen molar-refractivity contribution >= 4 is 47.5 Å². The number of unbranched alkanes of at least 4 members (excludes halogenated alkanes) is 2. The Kier molecular flexibility index (Phi) is 8.30. The normalized spacial score (nSPS) is 25.8. The summed E-state index contributed by atoms with van der Waals surface area (Å²) in [6.45, 7) is 2.26. The summed E-state index contributed by atoms with van der Waals surface area (Å²) < 4.78 is 11.9. The zero-order valence-electron chi connectivity index (χ0n) is 20.4. The smallest absolute Gasteiger partial charge is 0.487 e. The van der Waals surface area contributed by atoms with Gasteiger partial charge in [0.1, 0.15) is 0 Å². The number of aromatic hydroxyl groups is 1. The number of ether oxygens (including phenoxy) is 1. The molecule has 4 rings (SSSR count). The Morgan fingerprint density at radius 1 is 1.22 bits per heavy atom. The molecular formula is C25H31BINO8. The molecule has 0 radical (unpaired) electrons. The Labute approximate surface area is 224 Å². The highest BCUT2D eigenvalue weighted by Gasteiger charge is 2.57. The van der Waals surface area contributed by atoms with Crippen molar-refractivity contribution in [3.05, 3.63) is 32.3 Å². The fraction of sp³-hybridized carbons (Fsp3) is 0.560. The number of phenols is 1. The molecule has 2 saturated heterocycles. The van der Waals surface area contributed by atoms with Crippen LogP contribution in [0.5, 0.6) is 11.5 Å². The van der Waals surface area contributed by atoms with E-state index in [-0.39, 0.29) is 36.4 Å². The Hall–Kier alpha value is -2.12. The van der Waals surface area contributed by atoms with E-state index < -0.39 is 31.0 Å². The summed E-state index contributed by atoms with van der Waals surface area (Å²) in [5.74, 6) is -2.26. The molecular weight excluding hydrogens is 580 g/mol. The van der Waals surface area contributed by atoms with E-state index in [0.717, 1.165) is 16.6 Å². The molecule has 0 saturated carbocycles. The number of allylic oxidation sites excluding steroid dienone is 2. The average Bonchev–Trinajstić information content (AvgIpc) is 3.09. The third-order valence-electron chi connectivity index (χ3n) is 7.64. The number of methoxy groups -OCH3 is 1. The molecule has 1 aliphatic carbocycles. The molecule has 9 nitrogen and oxygen atoms in total. The average molecular weight is 611 g/mol. The van der Waals surface area contributed by atoms with E-state index >= 15 is 0 Å². The molecule has 11 heteroatoms. The summed E-state index contributed by atoms with van der Waals surface area (Å²) >= 11 is 2.01. The number of nitrogens with zero attached hydrogens (tertiary/aromatic N) is 1. The Morgan fingerprint density at radius 3 is 2.64 bits per heavy atom. The minimum atomic E-state index is -1.19. The number of hydrogen-bond acceptors (Lipinski definition) is 7. The van der Waals surface area contributed by atoms with Gasteiger partial charge in [-0.05, 0) is 83.8 Å². The van der Waals surface area contributed by atoms with Gasteiger partial charge < -0.3 is 24.6 Å². The van der Waals surface area contributed by atoms with Gasteiger partial charge >= 0.3 is 13.1 Å². The molecule has 0 unspecified atom stereocenters. The first-order valence-electron chi connectivity index (χ1n) is 12.4. The van der Waals surface area contributed by atoms with Crippen LogP contribution in [0.1, 0.15) is 63.5 Å². The second kappa shape index (κ2) is 11.1. The molecule has 0 aromatic heterocycles. The first-order chi connectivity index (χ1) is 17.2. The van der Waals surface area contributed by atoms with E-state index in [0.29, 0.717) is 47.8 Å². The topological polar surface area (TPSA) is 134 Å². The number of phenolic OH excluding ortho intramolecular Hbond substituents is 1. The van der Waals surface area contributed by atoms with Gasteiger partial charge in [-0.15, -0.1) is 0 Å². The second-order valence-electron chi connectivity index (χ2n) is 9.65. The second-order valence-corrected chi connectivity index (χ2v) is 10.8. The van der Waals surface area contributed by atoms with E-state index in [4.69, 9.17) is 14.5 Å². The number of fused-ring (bicyclic) bond motifs is 3. The minimum Gasteiger partial charge on any atom is -0.504 e. The van der Waals surface area contributed by atoms with Crippen LogP contribution in [-0.2, 0) is 19.0 Å². The molecule has 36 heavy (non-hydrogen) atoms. The van der Waals surface area contributed by atoms with Crippen LogP contribution in [0.2, 0.25) is 0 Å². The molecule has 3 N–H and O–H groups in total. The van der Waals surface area contributed by atoms with Crippen LogP contribution in [0.4, 0.5) is 0 Å². The zero-order valence-corrected chi connectivity index (χ0v) is 22.6. The van der Waals surface area contributed by atoms with Crippen molar-refractivity contribution in [3.8, 4) is 11.5 Å². The maximum Gasteiger partial charge on any atom is 0.487 e. The molecule has 3 aliphatic rings. The highest BCUT2D eigenvalue weighted by molar-refractivity contribution is 14.1. The number of carbonyl (C=O) groups excluding carboxylic acids is 2. The lowest BCUT2D eigenvalue weighted by Crippen LogP contribution is -2.44. The SMILES string of the molecule is CCC1=C2B(O)O[C@H](c3cc(I)c(O)c(OC)c3)C[C@H]2[C@H]2C(=O)N(CCCCCC(=O)O)C(=O)[C@H]2C1. The van der Waals surface area contributed by atoms with Crippen LogP contribution in [0.15, 0.2) is 23.2 Å². The minimum absolute atomic E-state index is 0.0281. The standard InChI is InChI=1S/C25H31BINO8/c1-3-13-9-16-21(25(33)28(24(16)32)8-6-4-5-7-20(29)30)15-12-18(36-26(34)22(13)15)14-10-17(27)23(31)19(11-14)35-2/h10-11,15-16,18,21,31,34H,3-9,12H2,1-2H3,(H,29,30)/t15-,16-,18-,21+/m0/s1. The first-order valence-corrected chi connectivity index (χ1v) is 13.4. The summed E-state index contributed by atoms with van der Waals surface area (Å²) in [6.07, 6.45) is 2.74. The number of carboxylic acids is 1. The molecule has 2 heterocycles. The summed E-state index contributed by atoms with van der Waals surface area (Å²) in [6, 6.07) is 3.45. The summed E-state index contributed by atoms with van der Waals surface area (Å²) in [7, 11) is 0.278. The van der Waals surface area contributed by atoms with E-state index in [1.165, 1.54) is 12.0 Å².